The summed E-state index contributed by atoms with van der Waals surface area (Å²) < 4.78 is 6.97. The Bertz CT molecular complexity index is 517. The Morgan fingerprint density at radius 2 is 2.14 bits per heavy atom. The number of halogens is 1. The molecule has 0 spiro atoms. The summed E-state index contributed by atoms with van der Waals surface area (Å²) in [6.45, 7) is 1.54. The Kier molecular flexibility index (Phi) is 4.80. The van der Waals surface area contributed by atoms with Gasteiger partial charge in [-0.05, 0) is 54.1 Å². The monoisotopic (exact) mass is 352 g/mol. The molecule has 1 amide bonds. The number of benzene rings is 1. The molecule has 2 fully saturated rings. The van der Waals surface area contributed by atoms with E-state index < -0.39 is 0 Å². The van der Waals surface area contributed by atoms with Crippen molar-refractivity contribution in [2.75, 3.05) is 6.54 Å². The summed E-state index contributed by atoms with van der Waals surface area (Å²) in [5, 5.41) is 6.42. The van der Waals surface area contributed by atoms with Crippen LogP contribution in [0.1, 0.15) is 37.7 Å². The van der Waals surface area contributed by atoms with Gasteiger partial charge in [0, 0.05) is 24.7 Å². The van der Waals surface area contributed by atoms with Crippen LogP contribution in [0.5, 0.6) is 5.75 Å². The maximum atomic E-state index is 12.1. The van der Waals surface area contributed by atoms with Gasteiger partial charge in [0.2, 0.25) is 0 Å². The first kappa shape index (κ1) is 14.9. The summed E-state index contributed by atoms with van der Waals surface area (Å²) in [5.41, 5.74) is 1.10. The van der Waals surface area contributed by atoms with Crippen LogP contribution in [0.4, 0.5) is 0 Å². The van der Waals surface area contributed by atoms with Gasteiger partial charge in [-0.3, -0.25) is 4.79 Å². The molecule has 114 valence electrons. The quantitative estimate of drug-likeness (QED) is 0.856. The largest absolute Gasteiger partial charge is 0.479 e. The van der Waals surface area contributed by atoms with Crippen molar-refractivity contribution < 1.29 is 9.53 Å². The van der Waals surface area contributed by atoms with E-state index in [4.69, 9.17) is 4.74 Å². The first-order valence-electron chi connectivity index (χ1n) is 7.69. The van der Waals surface area contributed by atoms with Crippen LogP contribution < -0.4 is 15.4 Å². The fourth-order valence-corrected chi connectivity index (χ4v) is 3.03. The molecule has 5 heteroatoms. The number of hydrogen-bond donors (Lipinski definition) is 2. The number of carbonyl (C=O) groups is 1. The van der Waals surface area contributed by atoms with Crippen LogP contribution in [-0.4, -0.2) is 24.6 Å². The van der Waals surface area contributed by atoms with E-state index >= 15 is 0 Å². The lowest BCUT2D eigenvalue weighted by molar-refractivity contribution is -0.127. The summed E-state index contributed by atoms with van der Waals surface area (Å²) in [6, 6.07) is 6.68. The van der Waals surface area contributed by atoms with E-state index in [1.165, 1.54) is 12.8 Å². The van der Waals surface area contributed by atoms with Crippen LogP contribution in [0.2, 0.25) is 0 Å². The second-order valence-corrected chi connectivity index (χ2v) is 6.63. The number of carbonyl (C=O) groups excluding carboxylic acids is 1. The predicted octanol–water partition coefficient (Wildman–Crippen LogP) is 2.75. The van der Waals surface area contributed by atoms with E-state index in [1.54, 1.807) is 0 Å². The number of ether oxygens (including phenoxy) is 1. The average molecular weight is 353 g/mol. The topological polar surface area (TPSA) is 50.4 Å². The summed E-state index contributed by atoms with van der Waals surface area (Å²) in [7, 11) is 0. The van der Waals surface area contributed by atoms with E-state index in [9.17, 15) is 4.79 Å². The van der Waals surface area contributed by atoms with E-state index in [2.05, 4.69) is 32.6 Å². The van der Waals surface area contributed by atoms with Gasteiger partial charge in [-0.15, -0.1) is 0 Å². The van der Waals surface area contributed by atoms with Crippen molar-refractivity contribution in [2.24, 2.45) is 0 Å². The summed E-state index contributed by atoms with van der Waals surface area (Å²) in [6.07, 6.45) is 4.96. The standard InChI is InChI=1S/C16H21BrN2O2/c17-13-5-3-4-11(10-19-12-7-8-12)15(13)21-14-6-1-2-9-18-16(14)20/h3-5,12,14,19H,1-2,6-10H2,(H,18,20). The fraction of sp³-hybridized carbons (Fsp3) is 0.562. The Morgan fingerprint density at radius 1 is 1.29 bits per heavy atom. The van der Waals surface area contributed by atoms with E-state index in [0.29, 0.717) is 6.04 Å². The van der Waals surface area contributed by atoms with Crippen molar-refractivity contribution in [2.45, 2.75) is 50.8 Å². The fourth-order valence-electron chi connectivity index (χ4n) is 2.53. The molecule has 1 aromatic carbocycles. The van der Waals surface area contributed by atoms with Crippen LogP contribution in [0, 0.1) is 0 Å². The third kappa shape index (κ3) is 3.98. The van der Waals surface area contributed by atoms with Crippen molar-refractivity contribution >= 4 is 21.8 Å². The lowest BCUT2D eigenvalue weighted by Gasteiger charge is -2.20. The number of nitrogens with one attached hydrogen (secondary N) is 2. The highest BCUT2D eigenvalue weighted by Gasteiger charge is 2.25. The van der Waals surface area contributed by atoms with Crippen LogP contribution in [0.25, 0.3) is 0 Å². The number of hydrogen-bond acceptors (Lipinski definition) is 3. The summed E-state index contributed by atoms with van der Waals surface area (Å²) in [5.74, 6) is 0.803. The molecule has 1 saturated carbocycles. The lowest BCUT2D eigenvalue weighted by atomic mass is 10.1. The van der Waals surface area contributed by atoms with Gasteiger partial charge in [0.25, 0.3) is 5.91 Å². The molecule has 1 atom stereocenters. The van der Waals surface area contributed by atoms with Gasteiger partial charge in [-0.1, -0.05) is 12.1 Å². The zero-order valence-corrected chi connectivity index (χ0v) is 13.6. The highest BCUT2D eigenvalue weighted by atomic mass is 79.9. The molecule has 1 aliphatic carbocycles. The molecule has 1 aliphatic heterocycles. The van der Waals surface area contributed by atoms with Gasteiger partial charge in [0.05, 0.1) is 4.47 Å². The van der Waals surface area contributed by atoms with E-state index in [1.807, 2.05) is 12.1 Å². The minimum Gasteiger partial charge on any atom is -0.479 e. The van der Waals surface area contributed by atoms with Gasteiger partial charge in [-0.2, -0.15) is 0 Å². The van der Waals surface area contributed by atoms with Gasteiger partial charge < -0.3 is 15.4 Å². The summed E-state index contributed by atoms with van der Waals surface area (Å²) in [4.78, 5) is 12.1. The van der Waals surface area contributed by atoms with Gasteiger partial charge in [0.15, 0.2) is 6.10 Å². The lowest BCUT2D eigenvalue weighted by Crippen LogP contribution is -2.36. The highest BCUT2D eigenvalue weighted by Crippen LogP contribution is 2.31. The first-order chi connectivity index (χ1) is 10.2. The SMILES string of the molecule is O=C1NCCCCC1Oc1c(Br)cccc1CNC1CC1. The normalized spacial score (nSPS) is 22.5. The minimum atomic E-state index is -0.383. The molecular formula is C16H21BrN2O2. The first-order valence-corrected chi connectivity index (χ1v) is 8.48. The Morgan fingerprint density at radius 3 is 2.95 bits per heavy atom. The Balaban J connectivity index is 1.73. The van der Waals surface area contributed by atoms with Gasteiger partial charge in [-0.25, -0.2) is 0 Å². The van der Waals surface area contributed by atoms with Crippen molar-refractivity contribution in [1.82, 2.24) is 10.6 Å². The van der Waals surface area contributed by atoms with Crippen LogP contribution in [0.3, 0.4) is 0 Å². The molecule has 21 heavy (non-hydrogen) atoms. The third-order valence-corrected chi connectivity index (χ3v) is 4.58. The molecule has 1 unspecified atom stereocenters. The minimum absolute atomic E-state index is 0.00403. The van der Waals surface area contributed by atoms with E-state index in [-0.39, 0.29) is 12.0 Å². The second-order valence-electron chi connectivity index (χ2n) is 5.78. The second kappa shape index (κ2) is 6.79. The molecule has 2 N–H and O–H groups in total. The van der Waals surface area contributed by atoms with Crippen LogP contribution in [0.15, 0.2) is 22.7 Å². The Labute approximate surface area is 133 Å². The molecule has 3 rings (SSSR count). The zero-order valence-electron chi connectivity index (χ0n) is 12.0. The zero-order chi connectivity index (χ0) is 14.7. The summed E-state index contributed by atoms with van der Waals surface area (Å²) >= 11 is 3.55. The average Bonchev–Trinajstić information content (AvgIpc) is 3.29. The number of rotatable bonds is 5. The van der Waals surface area contributed by atoms with Gasteiger partial charge >= 0.3 is 0 Å². The molecule has 4 nitrogen and oxygen atoms in total. The van der Waals surface area contributed by atoms with Crippen LogP contribution in [-0.2, 0) is 11.3 Å². The maximum absolute atomic E-state index is 12.1. The molecule has 0 radical (unpaired) electrons. The van der Waals surface area contributed by atoms with Gasteiger partial charge in [0.1, 0.15) is 5.75 Å². The highest BCUT2D eigenvalue weighted by molar-refractivity contribution is 9.10. The van der Waals surface area contributed by atoms with E-state index in [0.717, 1.165) is 48.1 Å². The van der Waals surface area contributed by atoms with Crippen molar-refractivity contribution in [3.8, 4) is 5.75 Å². The molecule has 1 heterocycles. The molecule has 0 bridgehead atoms. The molecule has 2 aliphatic rings. The maximum Gasteiger partial charge on any atom is 0.261 e. The van der Waals surface area contributed by atoms with Crippen molar-refractivity contribution in [3.05, 3.63) is 28.2 Å². The Hall–Kier alpha value is -1.07. The molecule has 0 aromatic heterocycles. The smallest absolute Gasteiger partial charge is 0.261 e. The number of amides is 1. The van der Waals surface area contributed by atoms with Crippen molar-refractivity contribution in [1.29, 1.82) is 0 Å². The third-order valence-electron chi connectivity index (χ3n) is 3.95. The molecule has 1 aromatic rings. The van der Waals surface area contributed by atoms with Crippen LogP contribution >= 0.6 is 15.9 Å². The number of para-hydroxylation sites is 1. The molecular weight excluding hydrogens is 332 g/mol. The predicted molar refractivity (Wildman–Crippen MR) is 85.3 cm³/mol. The van der Waals surface area contributed by atoms with Crippen molar-refractivity contribution in [3.63, 3.8) is 0 Å². The molecule has 1 saturated heterocycles.